The molecule has 0 radical (unpaired) electrons. The lowest BCUT2D eigenvalue weighted by Crippen LogP contribution is -2.52. The highest BCUT2D eigenvalue weighted by molar-refractivity contribution is 5.88. The molecule has 0 aliphatic carbocycles. The van der Waals surface area contributed by atoms with Crippen molar-refractivity contribution in [3.63, 3.8) is 0 Å². The van der Waals surface area contributed by atoms with Gasteiger partial charge in [-0.05, 0) is 19.4 Å². The van der Waals surface area contributed by atoms with Crippen LogP contribution in [-0.4, -0.2) is 24.5 Å². The molecule has 0 aliphatic heterocycles. The highest BCUT2D eigenvalue weighted by Gasteiger charge is 2.33. The molecule has 0 saturated heterocycles. The fourth-order valence-electron chi connectivity index (χ4n) is 1.86. The van der Waals surface area contributed by atoms with E-state index in [0.717, 1.165) is 5.56 Å². The first-order chi connectivity index (χ1) is 9.29. The van der Waals surface area contributed by atoms with E-state index in [0.29, 0.717) is 0 Å². The summed E-state index contributed by atoms with van der Waals surface area (Å²) in [5.41, 5.74) is 5.90. The third-order valence-electron chi connectivity index (χ3n) is 3.27. The minimum atomic E-state index is -1.07. The van der Waals surface area contributed by atoms with Crippen LogP contribution in [0.15, 0.2) is 30.3 Å². The molecule has 6 heteroatoms. The van der Waals surface area contributed by atoms with E-state index in [9.17, 15) is 9.59 Å². The average molecular weight is 315 g/mol. The number of hydrogen-bond donors (Lipinski definition) is 2. The van der Waals surface area contributed by atoms with Crippen LogP contribution in [0.5, 0.6) is 0 Å². The second kappa shape index (κ2) is 8.00. The van der Waals surface area contributed by atoms with Crippen LogP contribution in [0.1, 0.15) is 32.4 Å². The van der Waals surface area contributed by atoms with Crippen LogP contribution >= 0.6 is 12.4 Å². The van der Waals surface area contributed by atoms with Crippen LogP contribution < -0.4 is 11.1 Å². The van der Waals surface area contributed by atoms with Gasteiger partial charge in [0.1, 0.15) is 5.54 Å². The smallest absolute Gasteiger partial charge is 0.330 e. The Hall–Kier alpha value is -1.59. The van der Waals surface area contributed by atoms with Gasteiger partial charge in [-0.15, -0.1) is 12.4 Å². The minimum Gasteiger partial charge on any atom is -0.467 e. The lowest BCUT2D eigenvalue weighted by Gasteiger charge is -2.27. The normalized spacial score (nSPS) is 13.6. The first-order valence-electron chi connectivity index (χ1n) is 6.50. The van der Waals surface area contributed by atoms with Crippen molar-refractivity contribution < 1.29 is 14.3 Å². The number of methoxy groups -OCH3 is 1. The zero-order chi connectivity index (χ0) is 15.3. The van der Waals surface area contributed by atoms with Gasteiger partial charge >= 0.3 is 5.97 Å². The van der Waals surface area contributed by atoms with E-state index in [2.05, 4.69) is 10.1 Å². The van der Waals surface area contributed by atoms with E-state index in [4.69, 9.17) is 5.73 Å². The zero-order valence-corrected chi connectivity index (χ0v) is 13.6. The topological polar surface area (TPSA) is 81.4 Å². The monoisotopic (exact) mass is 314 g/mol. The highest BCUT2D eigenvalue weighted by Crippen LogP contribution is 2.20. The van der Waals surface area contributed by atoms with Gasteiger partial charge in [0, 0.05) is 6.04 Å². The molecule has 2 unspecified atom stereocenters. The Kier molecular flexibility index (Phi) is 7.39. The third kappa shape index (κ3) is 5.02. The third-order valence-corrected chi connectivity index (χ3v) is 3.27. The van der Waals surface area contributed by atoms with E-state index < -0.39 is 23.5 Å². The van der Waals surface area contributed by atoms with Crippen LogP contribution in [0, 0.1) is 5.92 Å². The van der Waals surface area contributed by atoms with Gasteiger partial charge in [-0.2, -0.15) is 0 Å². The van der Waals surface area contributed by atoms with Crippen molar-refractivity contribution in [1.82, 2.24) is 5.32 Å². The van der Waals surface area contributed by atoms with Gasteiger partial charge in [-0.3, -0.25) is 4.79 Å². The highest BCUT2D eigenvalue weighted by atomic mass is 35.5. The maximum Gasteiger partial charge on any atom is 0.330 e. The summed E-state index contributed by atoms with van der Waals surface area (Å²) >= 11 is 0. The van der Waals surface area contributed by atoms with Gasteiger partial charge in [0.15, 0.2) is 0 Å². The summed E-state index contributed by atoms with van der Waals surface area (Å²) in [4.78, 5) is 23.8. The van der Waals surface area contributed by atoms with Crippen molar-refractivity contribution >= 4 is 24.3 Å². The number of benzene rings is 1. The molecular formula is C15H23ClN2O3. The maximum absolute atomic E-state index is 12.2. The molecule has 0 saturated carbocycles. The number of halogens is 1. The predicted molar refractivity (Wildman–Crippen MR) is 84.0 cm³/mol. The van der Waals surface area contributed by atoms with Crippen LogP contribution in [0.2, 0.25) is 0 Å². The molecule has 0 aliphatic rings. The van der Waals surface area contributed by atoms with Gasteiger partial charge in [0.2, 0.25) is 5.91 Å². The number of carbonyl (C=O) groups is 2. The second-order valence-corrected chi connectivity index (χ2v) is 5.33. The molecule has 0 spiro atoms. The average Bonchev–Trinajstić information content (AvgIpc) is 2.45. The SMILES string of the molecule is COC(=O)C(C)(C)NC(=O)C(C)C(N)c1ccccc1.Cl. The molecule has 1 rings (SSSR count). The molecule has 1 aromatic rings. The number of esters is 1. The van der Waals surface area contributed by atoms with Crippen molar-refractivity contribution in [2.75, 3.05) is 7.11 Å². The predicted octanol–water partition coefficient (Wildman–Crippen LogP) is 1.81. The van der Waals surface area contributed by atoms with Gasteiger partial charge in [-0.1, -0.05) is 37.3 Å². The molecule has 118 valence electrons. The van der Waals surface area contributed by atoms with E-state index in [-0.39, 0.29) is 18.3 Å². The number of rotatable bonds is 5. The summed E-state index contributed by atoms with van der Waals surface area (Å²) in [6.45, 7) is 4.93. The first kappa shape index (κ1) is 19.4. The molecule has 1 amide bonds. The van der Waals surface area contributed by atoms with Crippen LogP contribution in [0.4, 0.5) is 0 Å². The van der Waals surface area contributed by atoms with Gasteiger partial charge < -0.3 is 15.8 Å². The largest absolute Gasteiger partial charge is 0.467 e. The molecule has 0 heterocycles. The van der Waals surface area contributed by atoms with Gasteiger partial charge in [-0.25, -0.2) is 4.79 Å². The number of nitrogens with two attached hydrogens (primary N) is 1. The molecular weight excluding hydrogens is 292 g/mol. The summed E-state index contributed by atoms with van der Waals surface area (Å²) in [7, 11) is 1.29. The summed E-state index contributed by atoms with van der Waals surface area (Å²) in [5.74, 6) is -1.23. The van der Waals surface area contributed by atoms with E-state index in [1.807, 2.05) is 30.3 Å². The van der Waals surface area contributed by atoms with Gasteiger partial charge in [0.25, 0.3) is 0 Å². The standard InChI is InChI=1S/C15H22N2O3.ClH/c1-10(12(16)11-8-6-5-7-9-11)13(18)17-15(2,3)14(19)20-4;/h5-10,12H,16H2,1-4H3,(H,17,18);1H. The fraction of sp³-hybridized carbons (Fsp3) is 0.467. The second-order valence-electron chi connectivity index (χ2n) is 5.33. The Bertz CT molecular complexity index is 477. The number of carbonyl (C=O) groups excluding carboxylic acids is 2. The molecule has 5 nitrogen and oxygen atoms in total. The number of amides is 1. The Morgan fingerprint density at radius 1 is 1.24 bits per heavy atom. The summed E-state index contributed by atoms with van der Waals surface area (Å²) in [5, 5.41) is 2.66. The minimum absolute atomic E-state index is 0. The zero-order valence-electron chi connectivity index (χ0n) is 12.8. The maximum atomic E-state index is 12.2. The Balaban J connectivity index is 0.00000400. The Morgan fingerprint density at radius 3 is 2.24 bits per heavy atom. The molecule has 21 heavy (non-hydrogen) atoms. The first-order valence-corrected chi connectivity index (χ1v) is 6.50. The molecule has 0 aromatic heterocycles. The molecule has 2 atom stereocenters. The van der Waals surface area contributed by atoms with Crippen LogP contribution in [-0.2, 0) is 14.3 Å². The van der Waals surface area contributed by atoms with Crippen molar-refractivity contribution in [1.29, 1.82) is 0 Å². The van der Waals surface area contributed by atoms with Crippen molar-refractivity contribution in [2.45, 2.75) is 32.4 Å². The van der Waals surface area contributed by atoms with Crippen LogP contribution in [0.25, 0.3) is 0 Å². The van der Waals surface area contributed by atoms with Crippen molar-refractivity contribution in [3.8, 4) is 0 Å². The van der Waals surface area contributed by atoms with E-state index >= 15 is 0 Å². The lowest BCUT2D eigenvalue weighted by molar-refractivity contribution is -0.149. The number of nitrogens with one attached hydrogen (secondary N) is 1. The number of hydrogen-bond acceptors (Lipinski definition) is 4. The Labute approximate surface area is 131 Å². The van der Waals surface area contributed by atoms with Crippen molar-refractivity contribution in [3.05, 3.63) is 35.9 Å². The quantitative estimate of drug-likeness (QED) is 0.812. The lowest BCUT2D eigenvalue weighted by atomic mass is 9.93. The van der Waals surface area contributed by atoms with E-state index in [1.54, 1.807) is 20.8 Å². The molecule has 3 N–H and O–H groups in total. The van der Waals surface area contributed by atoms with Crippen molar-refractivity contribution in [2.24, 2.45) is 11.7 Å². The van der Waals surface area contributed by atoms with Crippen LogP contribution in [0.3, 0.4) is 0 Å². The fourth-order valence-corrected chi connectivity index (χ4v) is 1.86. The summed E-state index contributed by atoms with van der Waals surface area (Å²) in [6.07, 6.45) is 0. The molecule has 0 fully saturated rings. The summed E-state index contributed by atoms with van der Waals surface area (Å²) < 4.78 is 4.66. The summed E-state index contributed by atoms with van der Waals surface area (Å²) in [6, 6.07) is 8.96. The number of ether oxygens (including phenoxy) is 1. The van der Waals surface area contributed by atoms with E-state index in [1.165, 1.54) is 7.11 Å². The molecule has 1 aromatic carbocycles. The van der Waals surface area contributed by atoms with Gasteiger partial charge in [0.05, 0.1) is 13.0 Å². The Morgan fingerprint density at radius 2 is 1.76 bits per heavy atom. The molecule has 0 bridgehead atoms.